The predicted octanol–water partition coefficient (Wildman–Crippen LogP) is 3.40. The highest BCUT2D eigenvalue weighted by Crippen LogP contribution is 2.31. The molecule has 0 amide bonds. The molecule has 0 bridgehead atoms. The Morgan fingerprint density at radius 2 is 2.05 bits per heavy atom. The molecule has 0 atom stereocenters. The van der Waals surface area contributed by atoms with Gasteiger partial charge in [-0.15, -0.1) is 0 Å². The van der Waals surface area contributed by atoms with Crippen LogP contribution in [-0.2, 0) is 6.42 Å². The van der Waals surface area contributed by atoms with Gasteiger partial charge in [-0.05, 0) is 42.2 Å². The van der Waals surface area contributed by atoms with Crippen LogP contribution in [0.15, 0.2) is 55.1 Å². The topological polar surface area (TPSA) is 38.7 Å². The van der Waals surface area contributed by atoms with Crippen LogP contribution in [0.4, 0.5) is 0 Å². The van der Waals surface area contributed by atoms with Gasteiger partial charge in [-0.1, -0.05) is 18.2 Å². The molecule has 1 aromatic carbocycles. The maximum absolute atomic E-state index is 4.39. The van der Waals surface area contributed by atoms with Crippen LogP contribution in [0, 0.1) is 0 Å². The summed E-state index contributed by atoms with van der Waals surface area (Å²) in [5, 5.41) is 1.16. The first kappa shape index (κ1) is 11.3. The average molecular weight is 259 g/mol. The lowest BCUT2D eigenvalue weighted by Crippen LogP contribution is -2.04. The molecule has 1 aliphatic carbocycles. The highest BCUT2D eigenvalue weighted by molar-refractivity contribution is 5.88. The number of benzene rings is 1. The Labute approximate surface area is 117 Å². The van der Waals surface area contributed by atoms with E-state index in [1.165, 1.54) is 11.1 Å². The lowest BCUT2D eigenvalue weighted by atomic mass is 9.90. The van der Waals surface area contributed by atoms with Gasteiger partial charge in [0.2, 0.25) is 0 Å². The molecule has 0 saturated carbocycles. The molecule has 3 nitrogen and oxygen atoms in total. The van der Waals surface area contributed by atoms with Crippen molar-refractivity contribution in [2.24, 2.45) is 0 Å². The Hall–Kier alpha value is -2.55. The van der Waals surface area contributed by atoms with Crippen LogP contribution < -0.4 is 0 Å². The third kappa shape index (κ3) is 1.79. The van der Waals surface area contributed by atoms with Gasteiger partial charge in [-0.2, -0.15) is 0 Å². The summed E-state index contributed by atoms with van der Waals surface area (Å²) in [5.41, 5.74) is 5.77. The highest BCUT2D eigenvalue weighted by atomic mass is 14.8. The van der Waals surface area contributed by atoms with Gasteiger partial charge < -0.3 is 0 Å². The molecule has 0 saturated heterocycles. The summed E-state index contributed by atoms with van der Waals surface area (Å²) in [6, 6.07) is 10.5. The lowest BCUT2D eigenvalue weighted by molar-refractivity contribution is 0.902. The molecule has 0 radical (unpaired) electrons. The van der Waals surface area contributed by atoms with Crippen molar-refractivity contribution < 1.29 is 0 Å². The van der Waals surface area contributed by atoms with Gasteiger partial charge in [0.1, 0.15) is 6.33 Å². The molecular formula is C17H13N3. The zero-order chi connectivity index (χ0) is 13.4. The number of aryl methyl sites for hydroxylation is 1. The zero-order valence-electron chi connectivity index (χ0n) is 11.0. The van der Waals surface area contributed by atoms with E-state index < -0.39 is 0 Å². The summed E-state index contributed by atoms with van der Waals surface area (Å²) < 4.78 is 0. The van der Waals surface area contributed by atoms with Crippen LogP contribution in [0.1, 0.15) is 23.2 Å². The summed E-state index contributed by atoms with van der Waals surface area (Å²) in [6.45, 7) is 0. The molecule has 0 aliphatic heterocycles. The smallest absolute Gasteiger partial charge is 0.115 e. The van der Waals surface area contributed by atoms with E-state index in [-0.39, 0.29) is 0 Å². The third-order valence-corrected chi connectivity index (χ3v) is 3.73. The van der Waals surface area contributed by atoms with Crippen LogP contribution in [-0.4, -0.2) is 15.0 Å². The van der Waals surface area contributed by atoms with Crippen molar-refractivity contribution in [1.29, 1.82) is 0 Å². The van der Waals surface area contributed by atoms with Crippen LogP contribution in [0.25, 0.3) is 16.5 Å². The molecule has 1 aliphatic rings. The second-order valence-corrected chi connectivity index (χ2v) is 4.95. The first-order chi connectivity index (χ1) is 9.92. The quantitative estimate of drug-likeness (QED) is 0.672. The summed E-state index contributed by atoms with van der Waals surface area (Å²) >= 11 is 0. The zero-order valence-corrected chi connectivity index (χ0v) is 11.0. The van der Waals surface area contributed by atoms with Crippen molar-refractivity contribution in [3.05, 3.63) is 71.9 Å². The second-order valence-electron chi connectivity index (χ2n) is 4.95. The van der Waals surface area contributed by atoms with Gasteiger partial charge >= 0.3 is 0 Å². The first-order valence-corrected chi connectivity index (χ1v) is 6.76. The number of nitrogens with zero attached hydrogens (tertiary/aromatic N) is 3. The fourth-order valence-electron chi connectivity index (χ4n) is 2.76. The van der Waals surface area contributed by atoms with Crippen molar-refractivity contribution in [2.75, 3.05) is 0 Å². The maximum atomic E-state index is 4.39. The van der Waals surface area contributed by atoms with E-state index in [2.05, 4.69) is 45.3 Å². The van der Waals surface area contributed by atoms with Gasteiger partial charge in [0.25, 0.3) is 0 Å². The molecule has 0 N–H and O–H groups in total. The Morgan fingerprint density at radius 3 is 3.05 bits per heavy atom. The van der Waals surface area contributed by atoms with Crippen LogP contribution in [0.3, 0.4) is 0 Å². The van der Waals surface area contributed by atoms with E-state index in [1.807, 2.05) is 18.5 Å². The Morgan fingerprint density at radius 1 is 1.05 bits per heavy atom. The minimum Gasteiger partial charge on any atom is -0.256 e. The van der Waals surface area contributed by atoms with Gasteiger partial charge in [0.15, 0.2) is 0 Å². The van der Waals surface area contributed by atoms with Gasteiger partial charge in [-0.3, -0.25) is 4.98 Å². The van der Waals surface area contributed by atoms with Crippen molar-refractivity contribution in [3.63, 3.8) is 0 Å². The van der Waals surface area contributed by atoms with Crippen LogP contribution in [0.2, 0.25) is 0 Å². The number of allylic oxidation sites excluding steroid dienone is 1. The first-order valence-electron chi connectivity index (χ1n) is 6.76. The van der Waals surface area contributed by atoms with Crippen molar-refractivity contribution >= 4 is 16.5 Å². The number of rotatable bonds is 1. The summed E-state index contributed by atoms with van der Waals surface area (Å²) in [4.78, 5) is 12.9. The Balaban J connectivity index is 1.89. The van der Waals surface area contributed by atoms with Crippen LogP contribution in [0.5, 0.6) is 0 Å². The third-order valence-electron chi connectivity index (χ3n) is 3.73. The monoisotopic (exact) mass is 259 g/mol. The number of hydrogen-bond acceptors (Lipinski definition) is 3. The standard InChI is InChI=1S/C17H13N3/c1-4-14(15-10-18-11-20-17(15)5-1)12-6-7-16-13(9-12)3-2-8-19-16/h2-4,6-11H,1,5H2. The number of hydrogen-bond donors (Lipinski definition) is 0. The van der Waals surface area contributed by atoms with E-state index >= 15 is 0 Å². The second kappa shape index (κ2) is 4.53. The molecule has 3 heteroatoms. The maximum Gasteiger partial charge on any atom is 0.115 e. The normalized spacial score (nSPS) is 13.9. The Kier molecular flexibility index (Phi) is 2.56. The molecule has 2 heterocycles. The minimum atomic E-state index is 0.997. The lowest BCUT2D eigenvalue weighted by Gasteiger charge is -2.16. The fourth-order valence-corrected chi connectivity index (χ4v) is 2.76. The number of pyridine rings is 1. The van der Waals surface area contributed by atoms with E-state index in [0.29, 0.717) is 0 Å². The number of aromatic nitrogens is 3. The molecule has 2 aromatic heterocycles. The van der Waals surface area contributed by atoms with E-state index in [1.54, 1.807) is 6.33 Å². The van der Waals surface area contributed by atoms with E-state index in [9.17, 15) is 0 Å². The summed E-state index contributed by atoms with van der Waals surface area (Å²) in [5.74, 6) is 0. The minimum absolute atomic E-state index is 0.997. The molecule has 0 spiro atoms. The Bertz CT molecular complexity index is 821. The van der Waals surface area contributed by atoms with Crippen molar-refractivity contribution in [2.45, 2.75) is 12.8 Å². The van der Waals surface area contributed by atoms with Gasteiger partial charge in [-0.25, -0.2) is 9.97 Å². The van der Waals surface area contributed by atoms with E-state index in [0.717, 1.165) is 35.0 Å². The van der Waals surface area contributed by atoms with Gasteiger partial charge in [0, 0.05) is 23.3 Å². The summed E-state index contributed by atoms with van der Waals surface area (Å²) in [7, 11) is 0. The number of fused-ring (bicyclic) bond motifs is 2. The molecular weight excluding hydrogens is 246 g/mol. The SMILES string of the molecule is C1=C(c2ccc3ncccc3c2)c2cncnc2CC1. The van der Waals surface area contributed by atoms with Gasteiger partial charge in [0.05, 0.1) is 11.2 Å². The van der Waals surface area contributed by atoms with Crippen molar-refractivity contribution in [3.8, 4) is 0 Å². The average Bonchev–Trinajstić information content (AvgIpc) is 2.54. The van der Waals surface area contributed by atoms with Crippen molar-refractivity contribution in [1.82, 2.24) is 15.0 Å². The highest BCUT2D eigenvalue weighted by Gasteiger charge is 2.15. The summed E-state index contributed by atoms with van der Waals surface area (Å²) in [6.07, 6.45) is 9.68. The molecule has 0 fully saturated rings. The molecule has 20 heavy (non-hydrogen) atoms. The van der Waals surface area contributed by atoms with E-state index in [4.69, 9.17) is 0 Å². The molecule has 3 aromatic rings. The predicted molar refractivity (Wildman–Crippen MR) is 79.2 cm³/mol. The van der Waals surface area contributed by atoms with Crippen LogP contribution >= 0.6 is 0 Å². The molecule has 0 unspecified atom stereocenters. The molecule has 96 valence electrons. The molecule has 4 rings (SSSR count). The fraction of sp³-hybridized carbons (Fsp3) is 0.118. The largest absolute Gasteiger partial charge is 0.256 e.